The van der Waals surface area contributed by atoms with Crippen LogP contribution in [0.4, 0.5) is 5.69 Å². The molecular weight excluding hydrogens is 282 g/mol. The first-order valence-corrected chi connectivity index (χ1v) is 8.11. The van der Waals surface area contributed by atoms with Crippen LogP contribution in [0, 0.1) is 6.92 Å². The van der Waals surface area contributed by atoms with E-state index >= 15 is 0 Å². The topological polar surface area (TPSA) is 45.2 Å². The van der Waals surface area contributed by atoms with E-state index < -0.39 is 0 Å². The van der Waals surface area contributed by atoms with Crippen molar-refractivity contribution in [1.29, 1.82) is 0 Å². The smallest absolute Gasteiger partial charge is 0.240 e. The molecule has 0 atom stereocenters. The number of anilines is 1. The van der Waals surface area contributed by atoms with Crippen molar-refractivity contribution in [3.63, 3.8) is 0 Å². The second-order valence-electron chi connectivity index (χ2n) is 5.24. The van der Waals surface area contributed by atoms with Crippen LogP contribution >= 0.6 is 11.3 Å². The van der Waals surface area contributed by atoms with Crippen molar-refractivity contribution in [3.05, 3.63) is 45.9 Å². The third kappa shape index (κ3) is 3.14. The standard InChI is InChI=1S/C16H19N3OS/c1-12-15(21-11-18-12)9-17-10-16(20)19-8-4-6-13-5-2-3-7-14(13)19/h2-3,5,7,11,17H,4,6,8-10H2,1H3. The van der Waals surface area contributed by atoms with Crippen LogP contribution in [0.1, 0.15) is 22.6 Å². The zero-order valence-electron chi connectivity index (χ0n) is 12.1. The van der Waals surface area contributed by atoms with Gasteiger partial charge in [-0.3, -0.25) is 4.79 Å². The van der Waals surface area contributed by atoms with Crippen LogP contribution in [0.2, 0.25) is 0 Å². The Morgan fingerprint density at radius 1 is 1.43 bits per heavy atom. The molecule has 2 heterocycles. The summed E-state index contributed by atoms with van der Waals surface area (Å²) in [5.74, 6) is 0.143. The predicted molar refractivity (Wildman–Crippen MR) is 85.7 cm³/mol. The molecule has 0 unspecified atom stereocenters. The maximum atomic E-state index is 12.4. The molecule has 0 fully saturated rings. The predicted octanol–water partition coefficient (Wildman–Crippen LogP) is 2.52. The SMILES string of the molecule is Cc1ncsc1CNCC(=O)N1CCCc2ccccc21. The second-order valence-corrected chi connectivity index (χ2v) is 6.18. The number of benzene rings is 1. The van der Waals surface area contributed by atoms with Crippen LogP contribution in [0.5, 0.6) is 0 Å². The molecule has 4 nitrogen and oxygen atoms in total. The summed E-state index contributed by atoms with van der Waals surface area (Å²) in [6.07, 6.45) is 2.10. The number of fused-ring (bicyclic) bond motifs is 1. The Morgan fingerprint density at radius 2 is 2.29 bits per heavy atom. The molecule has 5 heteroatoms. The number of hydrogen-bond donors (Lipinski definition) is 1. The highest BCUT2D eigenvalue weighted by molar-refractivity contribution is 7.09. The van der Waals surface area contributed by atoms with Gasteiger partial charge in [0.2, 0.25) is 5.91 Å². The lowest BCUT2D eigenvalue weighted by Crippen LogP contribution is -2.41. The fourth-order valence-corrected chi connectivity index (χ4v) is 3.41. The summed E-state index contributed by atoms with van der Waals surface area (Å²) in [6.45, 7) is 3.89. The summed E-state index contributed by atoms with van der Waals surface area (Å²) in [6, 6.07) is 8.19. The Kier molecular flexibility index (Phi) is 4.31. The Morgan fingerprint density at radius 3 is 3.10 bits per heavy atom. The van der Waals surface area contributed by atoms with Crippen molar-refractivity contribution in [2.24, 2.45) is 0 Å². The van der Waals surface area contributed by atoms with E-state index in [1.165, 1.54) is 10.4 Å². The van der Waals surface area contributed by atoms with Gasteiger partial charge in [0.15, 0.2) is 0 Å². The molecule has 110 valence electrons. The van der Waals surface area contributed by atoms with Gasteiger partial charge < -0.3 is 10.2 Å². The zero-order valence-corrected chi connectivity index (χ0v) is 12.9. The van der Waals surface area contributed by atoms with Gasteiger partial charge in [0.05, 0.1) is 17.7 Å². The van der Waals surface area contributed by atoms with Crippen molar-refractivity contribution in [2.45, 2.75) is 26.3 Å². The summed E-state index contributed by atoms with van der Waals surface area (Å²) >= 11 is 1.63. The summed E-state index contributed by atoms with van der Waals surface area (Å²) in [5.41, 5.74) is 5.23. The molecule has 0 saturated heterocycles. The van der Waals surface area contributed by atoms with E-state index in [0.29, 0.717) is 13.1 Å². The molecule has 0 spiro atoms. The minimum absolute atomic E-state index is 0.143. The summed E-state index contributed by atoms with van der Waals surface area (Å²) in [4.78, 5) is 19.7. The van der Waals surface area contributed by atoms with Crippen molar-refractivity contribution < 1.29 is 4.79 Å². The van der Waals surface area contributed by atoms with E-state index in [-0.39, 0.29) is 5.91 Å². The quantitative estimate of drug-likeness (QED) is 0.944. The van der Waals surface area contributed by atoms with E-state index in [0.717, 1.165) is 30.8 Å². The average molecular weight is 301 g/mol. The number of amides is 1. The number of carbonyl (C=O) groups is 1. The molecule has 2 aromatic rings. The van der Waals surface area contributed by atoms with Gasteiger partial charge in [-0.1, -0.05) is 18.2 Å². The van der Waals surface area contributed by atoms with Gasteiger partial charge in [0.25, 0.3) is 0 Å². The molecular formula is C16H19N3OS. The van der Waals surface area contributed by atoms with Gasteiger partial charge in [0.1, 0.15) is 0 Å². The number of aryl methyl sites for hydroxylation is 2. The molecule has 1 aliphatic rings. The van der Waals surface area contributed by atoms with Gasteiger partial charge in [-0.2, -0.15) is 0 Å². The van der Waals surface area contributed by atoms with Crippen LogP contribution in [0.3, 0.4) is 0 Å². The number of para-hydroxylation sites is 1. The number of thiazole rings is 1. The monoisotopic (exact) mass is 301 g/mol. The summed E-state index contributed by atoms with van der Waals surface area (Å²) in [7, 11) is 0. The number of hydrogen-bond acceptors (Lipinski definition) is 4. The fourth-order valence-electron chi connectivity index (χ4n) is 2.67. The van der Waals surface area contributed by atoms with E-state index in [9.17, 15) is 4.79 Å². The molecule has 0 aliphatic carbocycles. The van der Waals surface area contributed by atoms with E-state index in [4.69, 9.17) is 0 Å². The zero-order chi connectivity index (χ0) is 14.7. The molecule has 1 amide bonds. The van der Waals surface area contributed by atoms with Gasteiger partial charge in [-0.15, -0.1) is 11.3 Å². The molecule has 0 bridgehead atoms. The third-order valence-corrected chi connectivity index (χ3v) is 4.75. The van der Waals surface area contributed by atoms with Crippen molar-refractivity contribution in [3.8, 4) is 0 Å². The maximum absolute atomic E-state index is 12.4. The number of nitrogens with one attached hydrogen (secondary N) is 1. The van der Waals surface area contributed by atoms with E-state index in [1.54, 1.807) is 11.3 Å². The minimum Gasteiger partial charge on any atom is -0.311 e. The number of nitrogens with zero attached hydrogens (tertiary/aromatic N) is 2. The Hall–Kier alpha value is -1.72. The lowest BCUT2D eigenvalue weighted by molar-refractivity contribution is -0.117. The van der Waals surface area contributed by atoms with E-state index in [1.807, 2.05) is 35.5 Å². The van der Waals surface area contributed by atoms with Crippen LogP contribution in [-0.2, 0) is 17.8 Å². The Balaban J connectivity index is 1.60. The average Bonchev–Trinajstić information content (AvgIpc) is 2.92. The minimum atomic E-state index is 0.143. The Labute approximate surface area is 128 Å². The first-order chi connectivity index (χ1) is 10.3. The maximum Gasteiger partial charge on any atom is 0.240 e. The van der Waals surface area contributed by atoms with Crippen molar-refractivity contribution >= 4 is 22.9 Å². The third-order valence-electron chi connectivity index (χ3n) is 3.82. The summed E-state index contributed by atoms with van der Waals surface area (Å²) < 4.78 is 0. The molecule has 1 aromatic carbocycles. The number of aromatic nitrogens is 1. The van der Waals surface area contributed by atoms with Gasteiger partial charge in [-0.05, 0) is 31.4 Å². The normalized spacial score (nSPS) is 14.0. The molecule has 0 saturated carbocycles. The largest absolute Gasteiger partial charge is 0.311 e. The first-order valence-electron chi connectivity index (χ1n) is 7.23. The van der Waals surface area contributed by atoms with Crippen LogP contribution < -0.4 is 10.2 Å². The lowest BCUT2D eigenvalue weighted by atomic mass is 10.0. The molecule has 3 rings (SSSR count). The number of carbonyl (C=O) groups excluding carboxylic acids is 1. The van der Waals surface area contributed by atoms with Gasteiger partial charge in [0, 0.05) is 23.7 Å². The second kappa shape index (κ2) is 6.37. The van der Waals surface area contributed by atoms with Crippen molar-refractivity contribution in [2.75, 3.05) is 18.0 Å². The lowest BCUT2D eigenvalue weighted by Gasteiger charge is -2.29. The number of rotatable bonds is 4. The molecule has 1 N–H and O–H groups in total. The molecule has 1 aliphatic heterocycles. The highest BCUT2D eigenvalue weighted by Crippen LogP contribution is 2.26. The molecule has 0 radical (unpaired) electrons. The van der Waals surface area contributed by atoms with Crippen molar-refractivity contribution in [1.82, 2.24) is 10.3 Å². The van der Waals surface area contributed by atoms with Crippen LogP contribution in [-0.4, -0.2) is 24.0 Å². The van der Waals surface area contributed by atoms with Crippen LogP contribution in [0.15, 0.2) is 29.8 Å². The van der Waals surface area contributed by atoms with Gasteiger partial charge in [-0.25, -0.2) is 4.98 Å². The van der Waals surface area contributed by atoms with Gasteiger partial charge >= 0.3 is 0 Å². The highest BCUT2D eigenvalue weighted by atomic mass is 32.1. The summed E-state index contributed by atoms with van der Waals surface area (Å²) in [5, 5.41) is 3.24. The Bertz CT molecular complexity index is 638. The highest BCUT2D eigenvalue weighted by Gasteiger charge is 2.21. The first kappa shape index (κ1) is 14.2. The fraction of sp³-hybridized carbons (Fsp3) is 0.375. The van der Waals surface area contributed by atoms with Crippen LogP contribution in [0.25, 0.3) is 0 Å². The van der Waals surface area contributed by atoms with E-state index in [2.05, 4.69) is 16.4 Å². The molecule has 1 aromatic heterocycles. The molecule has 21 heavy (non-hydrogen) atoms.